The second-order valence-corrected chi connectivity index (χ2v) is 8.96. The first-order valence-electron chi connectivity index (χ1n) is 11.9. The molecule has 0 radical (unpaired) electrons. The topological polar surface area (TPSA) is 70.6 Å². The van der Waals surface area contributed by atoms with E-state index in [1.54, 1.807) is 18.2 Å². The van der Waals surface area contributed by atoms with Gasteiger partial charge in [0.1, 0.15) is 17.5 Å². The van der Waals surface area contributed by atoms with Crippen LogP contribution in [-0.2, 0) is 4.79 Å². The highest BCUT2D eigenvalue weighted by Gasteiger charge is 2.41. The first-order chi connectivity index (χ1) is 15.5. The van der Waals surface area contributed by atoms with E-state index in [4.69, 9.17) is 9.72 Å². The van der Waals surface area contributed by atoms with E-state index in [1.165, 1.54) is 18.4 Å². The minimum absolute atomic E-state index is 0. The van der Waals surface area contributed by atoms with Gasteiger partial charge in [0.25, 0.3) is 0 Å². The van der Waals surface area contributed by atoms with Crippen LogP contribution in [0.5, 0.6) is 5.75 Å². The number of hydrogen-bond donors (Lipinski definition) is 1. The molecule has 0 bridgehead atoms. The van der Waals surface area contributed by atoms with Crippen LogP contribution in [0.15, 0.2) is 24.4 Å². The van der Waals surface area contributed by atoms with Gasteiger partial charge in [-0.25, -0.2) is 4.98 Å². The third-order valence-corrected chi connectivity index (χ3v) is 7.07. The van der Waals surface area contributed by atoms with Gasteiger partial charge in [-0.1, -0.05) is 39.7 Å². The number of methoxy groups -OCH3 is 1. The number of fused-ring (bicyclic) bond motifs is 1. The zero-order valence-electron chi connectivity index (χ0n) is 19.9. The number of amides is 1. The maximum Gasteiger partial charge on any atom is 0.249 e. The molecule has 1 amide bonds. The molecule has 2 atom stereocenters. The van der Waals surface area contributed by atoms with E-state index in [0.29, 0.717) is 17.9 Å². The molecule has 1 unspecified atom stereocenters. The van der Waals surface area contributed by atoms with Crippen molar-refractivity contribution in [3.8, 4) is 5.75 Å². The molecule has 4 rings (SSSR count). The Bertz CT molecular complexity index is 979. The summed E-state index contributed by atoms with van der Waals surface area (Å²) in [5, 5.41) is 3.35. The Morgan fingerprint density at radius 2 is 2.03 bits per heavy atom. The number of rotatable bonds is 7. The first-order valence-corrected chi connectivity index (χ1v) is 11.9. The van der Waals surface area contributed by atoms with E-state index in [0.717, 1.165) is 48.6 Å². The van der Waals surface area contributed by atoms with Gasteiger partial charge in [0.2, 0.25) is 11.9 Å². The standard InChI is InChI=1S/C25H35N5O2.H2/c1-6-16(3)17-12-13-19(22(14-17)32-5)27-25-26-15-21-23(28-25)30(18-10-8-9-11-18)20(7-2)24(31)29(21)4;/h12-16,18,20H,6-11H2,1-5H3,(H,26,27,28);1H/t16?,20-;/m1./s1. The summed E-state index contributed by atoms with van der Waals surface area (Å²) in [5.41, 5.74) is 2.86. The lowest BCUT2D eigenvalue weighted by Crippen LogP contribution is -2.55. The van der Waals surface area contributed by atoms with Crippen LogP contribution in [0.2, 0.25) is 0 Å². The van der Waals surface area contributed by atoms with Crippen LogP contribution in [0.25, 0.3) is 0 Å². The van der Waals surface area contributed by atoms with E-state index in [-0.39, 0.29) is 13.4 Å². The normalized spacial score (nSPS) is 19.8. The Hall–Kier alpha value is -2.83. The number of benzene rings is 1. The number of likely N-dealkylation sites (N-methyl/N-ethyl adjacent to an activating group) is 1. The molecular formula is C25H37N5O2. The molecule has 0 saturated heterocycles. The molecule has 1 aliphatic carbocycles. The molecule has 7 nitrogen and oxygen atoms in total. The summed E-state index contributed by atoms with van der Waals surface area (Å²) in [4.78, 5) is 26.5. The maximum atomic E-state index is 13.1. The number of aromatic nitrogens is 2. The van der Waals surface area contributed by atoms with Crippen molar-refractivity contribution in [2.24, 2.45) is 0 Å². The summed E-state index contributed by atoms with van der Waals surface area (Å²) < 4.78 is 5.65. The summed E-state index contributed by atoms with van der Waals surface area (Å²) in [7, 11) is 3.51. The number of ether oxygens (including phenoxy) is 1. The maximum absolute atomic E-state index is 13.1. The molecule has 0 spiro atoms. The predicted molar refractivity (Wildman–Crippen MR) is 131 cm³/mol. The first kappa shape index (κ1) is 22.4. The van der Waals surface area contributed by atoms with E-state index < -0.39 is 0 Å². The molecule has 32 heavy (non-hydrogen) atoms. The average Bonchev–Trinajstić information content (AvgIpc) is 3.35. The summed E-state index contributed by atoms with van der Waals surface area (Å²) >= 11 is 0. The fourth-order valence-corrected chi connectivity index (χ4v) is 4.92. The largest absolute Gasteiger partial charge is 0.495 e. The highest BCUT2D eigenvalue weighted by molar-refractivity contribution is 6.04. The molecule has 2 heterocycles. The molecule has 1 aliphatic heterocycles. The Morgan fingerprint density at radius 1 is 1.28 bits per heavy atom. The van der Waals surface area contributed by atoms with E-state index in [1.807, 2.05) is 13.1 Å². The second-order valence-electron chi connectivity index (χ2n) is 8.96. The van der Waals surface area contributed by atoms with Crippen LogP contribution in [0, 0.1) is 0 Å². The predicted octanol–water partition coefficient (Wildman–Crippen LogP) is 5.49. The number of carbonyl (C=O) groups is 1. The highest BCUT2D eigenvalue weighted by Crippen LogP contribution is 2.40. The van der Waals surface area contributed by atoms with Crippen molar-refractivity contribution < 1.29 is 11.0 Å². The lowest BCUT2D eigenvalue weighted by Gasteiger charge is -2.43. The number of nitrogens with one attached hydrogen (secondary N) is 1. The number of carbonyl (C=O) groups excluding carboxylic acids is 1. The van der Waals surface area contributed by atoms with Crippen molar-refractivity contribution in [3.63, 3.8) is 0 Å². The fourth-order valence-electron chi connectivity index (χ4n) is 4.92. The van der Waals surface area contributed by atoms with Gasteiger partial charge in [-0.15, -0.1) is 0 Å². The van der Waals surface area contributed by atoms with Gasteiger partial charge in [-0.2, -0.15) is 4.98 Å². The SMILES string of the molecule is CCC(C)c1ccc(Nc2ncc3c(n2)N(C2CCCC2)[C@H](CC)C(=O)N3C)c(OC)c1.[HH]. The fraction of sp³-hybridized carbons (Fsp3) is 0.560. The number of nitrogens with zero attached hydrogens (tertiary/aromatic N) is 4. The Morgan fingerprint density at radius 3 is 2.69 bits per heavy atom. The molecule has 1 N–H and O–H groups in total. The third kappa shape index (κ3) is 4.00. The van der Waals surface area contributed by atoms with Gasteiger partial charge in [-0.3, -0.25) is 4.79 Å². The highest BCUT2D eigenvalue weighted by atomic mass is 16.5. The second kappa shape index (κ2) is 9.35. The number of anilines is 4. The molecule has 1 saturated carbocycles. The number of hydrogen-bond acceptors (Lipinski definition) is 6. The van der Waals surface area contributed by atoms with Crippen molar-refractivity contribution in [1.29, 1.82) is 0 Å². The Kier molecular flexibility index (Phi) is 6.53. The zero-order chi connectivity index (χ0) is 22.8. The van der Waals surface area contributed by atoms with Crippen LogP contribution < -0.4 is 19.9 Å². The lowest BCUT2D eigenvalue weighted by atomic mass is 9.98. The van der Waals surface area contributed by atoms with E-state index in [2.05, 4.69) is 48.1 Å². The van der Waals surface area contributed by atoms with E-state index >= 15 is 0 Å². The Balaban J connectivity index is 0.00000306. The van der Waals surface area contributed by atoms with E-state index in [9.17, 15) is 4.79 Å². The van der Waals surface area contributed by atoms with Crippen molar-refractivity contribution in [3.05, 3.63) is 30.0 Å². The molecule has 2 aromatic rings. The average molecular weight is 440 g/mol. The molecule has 2 aliphatic rings. The molecule has 1 fully saturated rings. The monoisotopic (exact) mass is 439 g/mol. The summed E-state index contributed by atoms with van der Waals surface area (Å²) in [6, 6.07) is 6.41. The molecule has 7 heteroatoms. The van der Waals surface area contributed by atoms with Crippen molar-refractivity contribution in [2.75, 3.05) is 29.3 Å². The van der Waals surface area contributed by atoms with Gasteiger partial charge in [-0.05, 0) is 49.3 Å². The van der Waals surface area contributed by atoms with Crippen LogP contribution in [0.1, 0.15) is 72.2 Å². The van der Waals surface area contributed by atoms with Crippen LogP contribution in [-0.4, -0.2) is 42.1 Å². The van der Waals surface area contributed by atoms with Gasteiger partial charge < -0.3 is 19.9 Å². The minimum atomic E-state index is -0.178. The van der Waals surface area contributed by atoms with Crippen LogP contribution in [0.3, 0.4) is 0 Å². The molecular weight excluding hydrogens is 402 g/mol. The van der Waals surface area contributed by atoms with Gasteiger partial charge >= 0.3 is 0 Å². The van der Waals surface area contributed by atoms with Gasteiger partial charge in [0.05, 0.1) is 19.0 Å². The van der Waals surface area contributed by atoms with Gasteiger partial charge in [0.15, 0.2) is 5.82 Å². The van der Waals surface area contributed by atoms with Crippen molar-refractivity contribution >= 4 is 29.0 Å². The summed E-state index contributed by atoms with van der Waals surface area (Å²) in [5.74, 6) is 2.73. The van der Waals surface area contributed by atoms with Gasteiger partial charge in [0, 0.05) is 14.5 Å². The Labute approximate surface area is 192 Å². The zero-order valence-corrected chi connectivity index (χ0v) is 19.9. The summed E-state index contributed by atoms with van der Waals surface area (Å²) in [6.45, 7) is 6.48. The lowest BCUT2D eigenvalue weighted by molar-refractivity contribution is -0.120. The third-order valence-electron chi connectivity index (χ3n) is 7.07. The summed E-state index contributed by atoms with van der Waals surface area (Å²) in [6.07, 6.45) is 8.20. The van der Waals surface area contributed by atoms with Crippen molar-refractivity contribution in [1.82, 2.24) is 9.97 Å². The quantitative estimate of drug-likeness (QED) is 0.615. The minimum Gasteiger partial charge on any atom is -0.495 e. The molecule has 1 aromatic carbocycles. The van der Waals surface area contributed by atoms with Crippen LogP contribution >= 0.6 is 0 Å². The molecule has 174 valence electrons. The van der Waals surface area contributed by atoms with Crippen LogP contribution in [0.4, 0.5) is 23.1 Å². The smallest absolute Gasteiger partial charge is 0.249 e. The van der Waals surface area contributed by atoms with Crippen molar-refractivity contribution in [2.45, 2.75) is 77.3 Å². The molecule has 1 aromatic heterocycles.